The minimum atomic E-state index is -4.34. The zero-order valence-corrected chi connectivity index (χ0v) is 18.1. The van der Waals surface area contributed by atoms with Crippen LogP contribution < -0.4 is 0 Å². The van der Waals surface area contributed by atoms with E-state index >= 15 is 0 Å². The summed E-state index contributed by atoms with van der Waals surface area (Å²) in [6.45, 7) is 8.29. The van der Waals surface area contributed by atoms with Crippen molar-refractivity contribution in [3.63, 3.8) is 0 Å². The molecular weight excluding hydrogens is 407 g/mol. The standard InChI is InChI=1S/C23H28F3N3O2/c1-4-19-20(16(3)30)15(2)27-21(19)22(31)29-11-5-10-28(12-13-29)14-17-6-8-18(9-7-17)23(24,25)26/h6-9,27H,4-5,10-14H2,1-3H3. The Morgan fingerprint density at radius 3 is 2.32 bits per heavy atom. The topological polar surface area (TPSA) is 56.4 Å². The van der Waals surface area contributed by atoms with E-state index in [1.54, 1.807) is 11.8 Å². The molecule has 8 heteroatoms. The number of halogens is 3. The van der Waals surface area contributed by atoms with Crippen molar-refractivity contribution in [2.24, 2.45) is 0 Å². The number of aryl methyl sites for hydroxylation is 1. The van der Waals surface area contributed by atoms with Gasteiger partial charge in [-0.25, -0.2) is 0 Å². The van der Waals surface area contributed by atoms with Gasteiger partial charge in [0.15, 0.2) is 5.78 Å². The maximum Gasteiger partial charge on any atom is 0.416 e. The number of ketones is 1. The molecule has 2 heterocycles. The van der Waals surface area contributed by atoms with Gasteiger partial charge in [-0.1, -0.05) is 19.1 Å². The Hall–Kier alpha value is -2.61. The van der Waals surface area contributed by atoms with Gasteiger partial charge in [-0.05, 0) is 49.9 Å². The summed E-state index contributed by atoms with van der Waals surface area (Å²) in [5.74, 6) is -0.160. The van der Waals surface area contributed by atoms with E-state index in [1.807, 2.05) is 6.92 Å². The highest BCUT2D eigenvalue weighted by Gasteiger charge is 2.30. The molecule has 1 aliphatic heterocycles. The highest BCUT2D eigenvalue weighted by atomic mass is 19.4. The zero-order chi connectivity index (χ0) is 22.8. The molecule has 31 heavy (non-hydrogen) atoms. The fourth-order valence-electron chi connectivity index (χ4n) is 4.24. The molecule has 1 N–H and O–H groups in total. The summed E-state index contributed by atoms with van der Waals surface area (Å²) in [6, 6.07) is 5.23. The van der Waals surface area contributed by atoms with Crippen molar-refractivity contribution in [3.8, 4) is 0 Å². The third-order valence-electron chi connectivity index (χ3n) is 5.77. The van der Waals surface area contributed by atoms with Gasteiger partial charge in [0, 0.05) is 44.0 Å². The monoisotopic (exact) mass is 435 g/mol. The van der Waals surface area contributed by atoms with Gasteiger partial charge in [0.1, 0.15) is 5.69 Å². The fourth-order valence-corrected chi connectivity index (χ4v) is 4.24. The summed E-state index contributed by atoms with van der Waals surface area (Å²) in [7, 11) is 0. The molecule has 0 bridgehead atoms. The minimum absolute atomic E-state index is 0.0526. The van der Waals surface area contributed by atoms with Crippen LogP contribution in [0.5, 0.6) is 0 Å². The lowest BCUT2D eigenvalue weighted by Gasteiger charge is -2.22. The van der Waals surface area contributed by atoms with Gasteiger partial charge >= 0.3 is 6.18 Å². The van der Waals surface area contributed by atoms with Crippen molar-refractivity contribution in [2.75, 3.05) is 26.2 Å². The van der Waals surface area contributed by atoms with Gasteiger partial charge in [0.25, 0.3) is 5.91 Å². The lowest BCUT2D eigenvalue weighted by atomic mass is 10.0. The van der Waals surface area contributed by atoms with E-state index in [-0.39, 0.29) is 11.7 Å². The van der Waals surface area contributed by atoms with Gasteiger partial charge in [-0.15, -0.1) is 0 Å². The Morgan fingerprint density at radius 1 is 1.06 bits per heavy atom. The SMILES string of the molecule is CCc1c(C(=O)N2CCCN(Cc3ccc(C(F)(F)F)cc3)CC2)[nH]c(C)c1C(C)=O. The number of aromatic nitrogens is 1. The summed E-state index contributed by atoms with van der Waals surface area (Å²) in [4.78, 5) is 32.2. The predicted octanol–water partition coefficient (Wildman–Crippen LogP) is 4.46. The molecule has 1 amide bonds. The summed E-state index contributed by atoms with van der Waals surface area (Å²) in [5, 5.41) is 0. The molecule has 1 saturated heterocycles. The molecule has 0 aliphatic carbocycles. The normalized spacial score (nSPS) is 15.7. The van der Waals surface area contributed by atoms with Gasteiger partial charge < -0.3 is 9.88 Å². The maximum absolute atomic E-state index is 13.2. The van der Waals surface area contributed by atoms with Crippen LogP contribution in [0, 0.1) is 6.92 Å². The Kier molecular flexibility index (Phi) is 6.89. The van der Waals surface area contributed by atoms with Crippen LogP contribution in [0.3, 0.4) is 0 Å². The molecule has 5 nitrogen and oxygen atoms in total. The highest BCUT2D eigenvalue weighted by Crippen LogP contribution is 2.29. The quantitative estimate of drug-likeness (QED) is 0.706. The molecular formula is C23H28F3N3O2. The number of rotatable bonds is 5. The summed E-state index contributed by atoms with van der Waals surface area (Å²) in [6.07, 6.45) is -2.97. The Morgan fingerprint density at radius 2 is 1.74 bits per heavy atom. The maximum atomic E-state index is 13.2. The number of amides is 1. The first kappa shape index (κ1) is 23.1. The van der Waals surface area contributed by atoms with Crippen LogP contribution in [0.2, 0.25) is 0 Å². The predicted molar refractivity (Wildman–Crippen MR) is 112 cm³/mol. The van der Waals surface area contributed by atoms with Crippen molar-refractivity contribution < 1.29 is 22.8 Å². The van der Waals surface area contributed by atoms with E-state index in [4.69, 9.17) is 0 Å². The molecule has 0 saturated carbocycles. The van der Waals surface area contributed by atoms with Gasteiger partial charge in [0.2, 0.25) is 0 Å². The van der Waals surface area contributed by atoms with E-state index in [2.05, 4.69) is 9.88 Å². The van der Waals surface area contributed by atoms with Crippen molar-refractivity contribution in [3.05, 3.63) is 57.9 Å². The Labute approximate surface area is 180 Å². The first-order chi connectivity index (χ1) is 14.6. The number of hydrogen-bond donors (Lipinski definition) is 1. The van der Waals surface area contributed by atoms with Crippen molar-refractivity contribution in [1.82, 2.24) is 14.8 Å². The number of Topliss-reactive ketones (excluding diaryl/α,β-unsaturated/α-hetero) is 1. The number of aromatic amines is 1. The first-order valence-corrected chi connectivity index (χ1v) is 10.5. The van der Waals surface area contributed by atoms with Crippen molar-refractivity contribution in [1.29, 1.82) is 0 Å². The van der Waals surface area contributed by atoms with Gasteiger partial charge in [-0.2, -0.15) is 13.2 Å². The van der Waals surface area contributed by atoms with Crippen LogP contribution in [0.15, 0.2) is 24.3 Å². The Bertz CT molecular complexity index is 948. The van der Waals surface area contributed by atoms with Crippen LogP contribution in [-0.2, 0) is 19.1 Å². The highest BCUT2D eigenvalue weighted by molar-refractivity contribution is 6.02. The molecule has 1 fully saturated rings. The van der Waals surface area contributed by atoms with Crippen LogP contribution in [0.4, 0.5) is 13.2 Å². The number of hydrogen-bond acceptors (Lipinski definition) is 3. The molecule has 0 atom stereocenters. The Balaban J connectivity index is 1.67. The second kappa shape index (κ2) is 9.26. The van der Waals surface area contributed by atoms with Crippen LogP contribution in [-0.4, -0.2) is 52.7 Å². The molecule has 2 aromatic rings. The summed E-state index contributed by atoms with van der Waals surface area (Å²) in [5.41, 5.74) is 2.73. The molecule has 1 aromatic heterocycles. The molecule has 1 aromatic carbocycles. The number of carbonyl (C=O) groups excluding carboxylic acids is 2. The van der Waals surface area contributed by atoms with E-state index in [0.29, 0.717) is 49.6 Å². The minimum Gasteiger partial charge on any atom is -0.354 e. The van der Waals surface area contributed by atoms with E-state index in [1.165, 1.54) is 19.1 Å². The fraction of sp³-hybridized carbons (Fsp3) is 0.478. The molecule has 0 unspecified atom stereocenters. The number of benzene rings is 1. The number of H-pyrrole nitrogens is 1. The van der Waals surface area contributed by atoms with Crippen LogP contribution in [0.25, 0.3) is 0 Å². The second-order valence-electron chi connectivity index (χ2n) is 8.00. The average Bonchev–Trinajstić information content (AvgIpc) is 2.88. The van der Waals surface area contributed by atoms with E-state index < -0.39 is 11.7 Å². The smallest absolute Gasteiger partial charge is 0.354 e. The number of nitrogens with one attached hydrogen (secondary N) is 1. The van der Waals surface area contributed by atoms with Crippen molar-refractivity contribution >= 4 is 11.7 Å². The van der Waals surface area contributed by atoms with E-state index in [9.17, 15) is 22.8 Å². The lowest BCUT2D eigenvalue weighted by Crippen LogP contribution is -2.35. The lowest BCUT2D eigenvalue weighted by molar-refractivity contribution is -0.137. The summed E-state index contributed by atoms with van der Waals surface area (Å²) < 4.78 is 38.2. The molecule has 1 aliphatic rings. The first-order valence-electron chi connectivity index (χ1n) is 10.5. The number of nitrogens with zero attached hydrogens (tertiary/aromatic N) is 2. The zero-order valence-electron chi connectivity index (χ0n) is 18.1. The van der Waals surface area contributed by atoms with Crippen LogP contribution >= 0.6 is 0 Å². The molecule has 3 rings (SSSR count). The molecule has 168 valence electrons. The van der Waals surface area contributed by atoms with Crippen LogP contribution in [0.1, 0.15) is 63.5 Å². The second-order valence-corrected chi connectivity index (χ2v) is 8.00. The number of carbonyl (C=O) groups is 2. The summed E-state index contributed by atoms with van der Waals surface area (Å²) >= 11 is 0. The average molecular weight is 435 g/mol. The van der Waals surface area contributed by atoms with Gasteiger partial charge in [-0.3, -0.25) is 14.5 Å². The van der Waals surface area contributed by atoms with Gasteiger partial charge in [0.05, 0.1) is 5.56 Å². The molecule has 0 spiro atoms. The number of alkyl halides is 3. The third kappa shape index (κ3) is 5.18. The van der Waals surface area contributed by atoms with E-state index in [0.717, 1.165) is 36.2 Å². The van der Waals surface area contributed by atoms with Crippen molar-refractivity contribution in [2.45, 2.75) is 46.3 Å². The largest absolute Gasteiger partial charge is 0.416 e. The molecule has 0 radical (unpaired) electrons. The third-order valence-corrected chi connectivity index (χ3v) is 5.77.